The van der Waals surface area contributed by atoms with Crippen LogP contribution in [0.4, 0.5) is 0 Å². The number of ether oxygens (including phenoxy) is 3. The Morgan fingerprint density at radius 2 is 1.93 bits per heavy atom. The summed E-state index contributed by atoms with van der Waals surface area (Å²) in [6.45, 7) is 1.99. The highest BCUT2D eigenvalue weighted by molar-refractivity contribution is 5.96. The minimum Gasteiger partial charge on any atom is -0.491 e. The Labute approximate surface area is 164 Å². The first-order chi connectivity index (χ1) is 13.6. The van der Waals surface area contributed by atoms with Gasteiger partial charge < -0.3 is 19.1 Å². The predicted octanol–water partition coefficient (Wildman–Crippen LogP) is 3.01. The van der Waals surface area contributed by atoms with Crippen LogP contribution in [0.3, 0.4) is 0 Å². The summed E-state index contributed by atoms with van der Waals surface area (Å²) in [5, 5.41) is 0. The Hall–Kier alpha value is -2.86. The van der Waals surface area contributed by atoms with E-state index in [1.807, 2.05) is 18.2 Å². The molecule has 0 radical (unpaired) electrons. The fraction of sp³-hybridized carbons (Fsp3) is 0.364. The normalized spacial score (nSPS) is 20.8. The highest BCUT2D eigenvalue weighted by atomic mass is 16.6. The Morgan fingerprint density at radius 1 is 1.14 bits per heavy atom. The largest absolute Gasteiger partial charge is 0.491 e. The van der Waals surface area contributed by atoms with Gasteiger partial charge in [0.25, 0.3) is 5.91 Å². The van der Waals surface area contributed by atoms with Gasteiger partial charge in [0.1, 0.15) is 12.4 Å². The number of carbonyl (C=O) groups excluding carboxylic acids is 2. The van der Waals surface area contributed by atoms with E-state index in [4.69, 9.17) is 14.2 Å². The maximum Gasteiger partial charge on any atom is 0.339 e. The summed E-state index contributed by atoms with van der Waals surface area (Å²) in [4.78, 5) is 27.1. The Bertz CT molecular complexity index is 879. The molecule has 28 heavy (non-hydrogen) atoms. The van der Waals surface area contributed by atoms with Crippen molar-refractivity contribution in [3.8, 4) is 5.75 Å². The molecule has 4 rings (SSSR count). The molecule has 0 aliphatic carbocycles. The molecule has 0 bridgehead atoms. The second-order valence-electron chi connectivity index (χ2n) is 7.13. The molecule has 2 aromatic carbocycles. The van der Waals surface area contributed by atoms with Gasteiger partial charge in [-0.05, 0) is 43.2 Å². The molecule has 2 aliphatic heterocycles. The molecule has 1 unspecified atom stereocenters. The van der Waals surface area contributed by atoms with Crippen LogP contribution in [-0.2, 0) is 15.1 Å². The van der Waals surface area contributed by atoms with Crippen LogP contribution < -0.4 is 4.74 Å². The molecule has 1 spiro atoms. The zero-order valence-corrected chi connectivity index (χ0v) is 15.8. The lowest BCUT2D eigenvalue weighted by Gasteiger charge is -2.39. The summed E-state index contributed by atoms with van der Waals surface area (Å²) in [6, 6.07) is 14.6. The molecule has 0 N–H and O–H groups in total. The maximum absolute atomic E-state index is 13.0. The van der Waals surface area contributed by atoms with E-state index in [1.165, 1.54) is 0 Å². The number of likely N-dealkylation sites (tertiary alicyclic amines) is 1. The van der Waals surface area contributed by atoms with Gasteiger partial charge in [-0.2, -0.15) is 0 Å². The molecule has 6 heteroatoms. The summed E-state index contributed by atoms with van der Waals surface area (Å²) in [5.74, 6) is 0.327. The van der Waals surface area contributed by atoms with Crippen molar-refractivity contribution in [1.29, 1.82) is 0 Å². The molecule has 6 nitrogen and oxygen atoms in total. The van der Waals surface area contributed by atoms with Gasteiger partial charge >= 0.3 is 5.97 Å². The van der Waals surface area contributed by atoms with Crippen molar-refractivity contribution in [3.63, 3.8) is 0 Å². The predicted molar refractivity (Wildman–Crippen MR) is 102 cm³/mol. The van der Waals surface area contributed by atoms with E-state index in [2.05, 4.69) is 0 Å². The van der Waals surface area contributed by atoms with Crippen LogP contribution in [0, 0.1) is 0 Å². The number of benzene rings is 2. The zero-order chi connectivity index (χ0) is 19.6. The van der Waals surface area contributed by atoms with Crippen LogP contribution in [-0.4, -0.2) is 50.2 Å². The summed E-state index contributed by atoms with van der Waals surface area (Å²) in [6.07, 6.45) is 1.51. The van der Waals surface area contributed by atoms with Gasteiger partial charge in [0.2, 0.25) is 0 Å². The van der Waals surface area contributed by atoms with Gasteiger partial charge in [0.15, 0.2) is 5.60 Å². The number of hydrogen-bond acceptors (Lipinski definition) is 5. The maximum atomic E-state index is 13.0. The number of hydrogen-bond donors (Lipinski definition) is 0. The van der Waals surface area contributed by atoms with E-state index >= 15 is 0 Å². The minimum atomic E-state index is -0.731. The van der Waals surface area contributed by atoms with Crippen molar-refractivity contribution in [2.45, 2.75) is 18.4 Å². The molecule has 1 amide bonds. The van der Waals surface area contributed by atoms with E-state index in [1.54, 1.807) is 42.3 Å². The van der Waals surface area contributed by atoms with Crippen molar-refractivity contribution < 1.29 is 23.8 Å². The first-order valence-electron chi connectivity index (χ1n) is 9.47. The smallest absolute Gasteiger partial charge is 0.339 e. The fourth-order valence-electron chi connectivity index (χ4n) is 3.96. The molecule has 0 saturated carbocycles. The third-order valence-electron chi connectivity index (χ3n) is 5.33. The standard InChI is InChI=1S/C22H23NO5/c1-26-13-14-27-17-9-7-16(8-10-17)20(24)23-12-4-11-22(15-23)19-6-3-2-5-18(19)21(25)28-22/h2-3,5-10H,4,11-15H2,1H3. The van der Waals surface area contributed by atoms with Crippen LogP contribution in [0.1, 0.15) is 39.1 Å². The van der Waals surface area contributed by atoms with Crippen LogP contribution in [0.2, 0.25) is 0 Å². The molecular formula is C22H23NO5. The van der Waals surface area contributed by atoms with Crippen molar-refractivity contribution >= 4 is 11.9 Å². The van der Waals surface area contributed by atoms with Gasteiger partial charge in [0.05, 0.1) is 18.7 Å². The Balaban J connectivity index is 1.49. The summed E-state index contributed by atoms with van der Waals surface area (Å²) < 4.78 is 16.3. The topological polar surface area (TPSA) is 65.1 Å². The summed E-state index contributed by atoms with van der Waals surface area (Å²) in [7, 11) is 1.62. The number of carbonyl (C=O) groups is 2. The number of piperidine rings is 1. The quantitative estimate of drug-likeness (QED) is 0.588. The minimum absolute atomic E-state index is 0.0667. The molecular weight excluding hydrogens is 358 g/mol. The van der Waals surface area contributed by atoms with Crippen LogP contribution >= 0.6 is 0 Å². The summed E-state index contributed by atoms with van der Waals surface area (Å²) >= 11 is 0. The van der Waals surface area contributed by atoms with Crippen molar-refractivity contribution in [1.82, 2.24) is 4.90 Å². The van der Waals surface area contributed by atoms with Gasteiger partial charge in [-0.1, -0.05) is 18.2 Å². The molecule has 2 aromatic rings. The Morgan fingerprint density at radius 3 is 2.71 bits per heavy atom. The number of fused-ring (bicyclic) bond motifs is 2. The number of rotatable bonds is 5. The van der Waals surface area contributed by atoms with Gasteiger partial charge in [-0.3, -0.25) is 4.79 Å². The third-order valence-corrected chi connectivity index (χ3v) is 5.33. The van der Waals surface area contributed by atoms with Gasteiger partial charge in [-0.15, -0.1) is 0 Å². The van der Waals surface area contributed by atoms with E-state index in [9.17, 15) is 9.59 Å². The number of esters is 1. The number of nitrogens with zero attached hydrogens (tertiary/aromatic N) is 1. The average Bonchev–Trinajstić information content (AvgIpc) is 3.00. The van der Waals surface area contributed by atoms with Gasteiger partial charge in [-0.25, -0.2) is 4.79 Å². The monoisotopic (exact) mass is 381 g/mol. The van der Waals surface area contributed by atoms with Crippen LogP contribution in [0.25, 0.3) is 0 Å². The number of methoxy groups -OCH3 is 1. The van der Waals surface area contributed by atoms with E-state index in [-0.39, 0.29) is 11.9 Å². The average molecular weight is 381 g/mol. The molecule has 146 valence electrons. The van der Waals surface area contributed by atoms with E-state index < -0.39 is 5.60 Å². The zero-order valence-electron chi connectivity index (χ0n) is 15.8. The van der Waals surface area contributed by atoms with Crippen molar-refractivity contribution in [3.05, 3.63) is 65.2 Å². The lowest BCUT2D eigenvalue weighted by molar-refractivity contribution is -0.0442. The molecule has 0 aromatic heterocycles. The lowest BCUT2D eigenvalue weighted by Crippen LogP contribution is -2.48. The van der Waals surface area contributed by atoms with E-state index in [0.29, 0.717) is 43.2 Å². The van der Waals surface area contributed by atoms with Crippen LogP contribution in [0.5, 0.6) is 5.75 Å². The summed E-state index contributed by atoms with van der Waals surface area (Å²) in [5.41, 5.74) is 1.35. The van der Waals surface area contributed by atoms with Gasteiger partial charge in [0, 0.05) is 24.8 Å². The molecule has 2 aliphatic rings. The van der Waals surface area contributed by atoms with Crippen molar-refractivity contribution in [2.75, 3.05) is 33.4 Å². The highest BCUT2D eigenvalue weighted by Gasteiger charge is 2.48. The second kappa shape index (κ2) is 7.64. The lowest BCUT2D eigenvalue weighted by atomic mass is 9.85. The second-order valence-corrected chi connectivity index (χ2v) is 7.13. The van der Waals surface area contributed by atoms with Crippen molar-refractivity contribution in [2.24, 2.45) is 0 Å². The van der Waals surface area contributed by atoms with E-state index in [0.717, 1.165) is 18.4 Å². The first-order valence-corrected chi connectivity index (χ1v) is 9.47. The number of amides is 1. The fourth-order valence-corrected chi connectivity index (χ4v) is 3.96. The molecule has 2 heterocycles. The third kappa shape index (κ3) is 3.36. The Kier molecular flexibility index (Phi) is 5.05. The molecule has 1 saturated heterocycles. The molecule has 1 atom stereocenters. The molecule has 1 fully saturated rings. The van der Waals surface area contributed by atoms with Crippen LogP contribution in [0.15, 0.2) is 48.5 Å². The first kappa shape index (κ1) is 18.5. The highest BCUT2D eigenvalue weighted by Crippen LogP contribution is 2.43. The SMILES string of the molecule is COCCOc1ccc(C(=O)N2CCCC3(C2)OC(=O)c2ccccc23)cc1.